The van der Waals surface area contributed by atoms with Gasteiger partial charge in [-0.25, -0.2) is 4.68 Å². The Morgan fingerprint density at radius 2 is 2.07 bits per heavy atom. The van der Waals surface area contributed by atoms with Crippen LogP contribution in [0.25, 0.3) is 10.9 Å². The highest BCUT2D eigenvalue weighted by Crippen LogP contribution is 2.30. The third kappa shape index (κ3) is 4.15. The normalized spacial score (nSPS) is 16.9. The largest absolute Gasteiger partial charge is 0.383 e. The molecule has 0 bridgehead atoms. The van der Waals surface area contributed by atoms with Gasteiger partial charge in [0.1, 0.15) is 6.04 Å². The van der Waals surface area contributed by atoms with Crippen LogP contribution < -0.4 is 5.56 Å². The van der Waals surface area contributed by atoms with Crippen molar-refractivity contribution in [2.45, 2.75) is 45.7 Å². The van der Waals surface area contributed by atoms with Crippen LogP contribution in [0.3, 0.4) is 0 Å². The van der Waals surface area contributed by atoms with E-state index >= 15 is 0 Å². The van der Waals surface area contributed by atoms with Crippen molar-refractivity contribution in [3.05, 3.63) is 51.6 Å². The highest BCUT2D eigenvalue weighted by atomic mass is 16.5. The number of piperidine rings is 1. The Kier molecular flexibility index (Phi) is 6.24. The number of hydrogen-bond acceptors (Lipinski definition) is 6. The minimum atomic E-state index is -0.289. The molecule has 0 saturated carbocycles. The molecule has 1 aromatic carbocycles. The number of rotatable bonds is 7. The zero-order chi connectivity index (χ0) is 21.1. The summed E-state index contributed by atoms with van der Waals surface area (Å²) in [7, 11) is 1.66. The molecule has 2 aromatic heterocycles. The van der Waals surface area contributed by atoms with Crippen LogP contribution >= 0.6 is 0 Å². The predicted molar refractivity (Wildman–Crippen MR) is 115 cm³/mol. The van der Waals surface area contributed by atoms with Gasteiger partial charge >= 0.3 is 0 Å². The maximum absolute atomic E-state index is 13.2. The average molecular weight is 411 g/mol. The van der Waals surface area contributed by atoms with Gasteiger partial charge in [-0.1, -0.05) is 19.9 Å². The van der Waals surface area contributed by atoms with E-state index in [9.17, 15) is 4.79 Å². The Bertz CT molecular complexity index is 1050. The first-order valence-corrected chi connectivity index (χ1v) is 10.8. The van der Waals surface area contributed by atoms with Gasteiger partial charge in [0.05, 0.1) is 13.2 Å². The number of aromatic nitrogens is 5. The highest BCUT2D eigenvalue weighted by molar-refractivity contribution is 5.80. The first-order valence-electron chi connectivity index (χ1n) is 10.8. The summed E-state index contributed by atoms with van der Waals surface area (Å²) in [6.07, 6.45) is 3.15. The Balaban J connectivity index is 1.82. The van der Waals surface area contributed by atoms with E-state index in [2.05, 4.69) is 51.4 Å². The van der Waals surface area contributed by atoms with Gasteiger partial charge in [0, 0.05) is 18.2 Å². The summed E-state index contributed by atoms with van der Waals surface area (Å²) in [5.41, 5.74) is 2.70. The van der Waals surface area contributed by atoms with E-state index in [-0.39, 0.29) is 11.6 Å². The highest BCUT2D eigenvalue weighted by Gasteiger charge is 2.32. The van der Waals surface area contributed by atoms with Gasteiger partial charge in [0.25, 0.3) is 5.56 Å². The molecule has 0 aliphatic carbocycles. The van der Waals surface area contributed by atoms with Crippen molar-refractivity contribution in [2.24, 2.45) is 5.92 Å². The van der Waals surface area contributed by atoms with Crippen LogP contribution in [0.2, 0.25) is 0 Å². The molecule has 0 radical (unpaired) electrons. The quantitative estimate of drug-likeness (QED) is 0.644. The van der Waals surface area contributed by atoms with E-state index in [1.54, 1.807) is 11.8 Å². The SMILES string of the molecule is CCc1ccc2[nH]c(=O)c([C@H](c3nnnn3CCOC)N3CCC(C)CC3)cc2c1. The topological polar surface area (TPSA) is 88.9 Å². The van der Waals surface area contributed by atoms with E-state index in [0.29, 0.717) is 30.5 Å². The van der Waals surface area contributed by atoms with Crippen LogP contribution in [0.4, 0.5) is 0 Å². The molecule has 1 fully saturated rings. The van der Waals surface area contributed by atoms with Gasteiger partial charge in [-0.3, -0.25) is 9.69 Å². The van der Waals surface area contributed by atoms with Crippen LogP contribution in [0.5, 0.6) is 0 Å². The number of benzene rings is 1. The van der Waals surface area contributed by atoms with E-state index < -0.39 is 0 Å². The molecular weight excluding hydrogens is 380 g/mol. The summed E-state index contributed by atoms with van der Waals surface area (Å²) in [5, 5.41) is 13.5. The van der Waals surface area contributed by atoms with Crippen molar-refractivity contribution in [1.82, 2.24) is 30.1 Å². The standard InChI is InChI=1S/C22H30N6O2/c1-4-16-5-6-19-17(13-16)14-18(22(29)23-19)20(27-9-7-15(2)8-10-27)21-24-25-26-28(21)11-12-30-3/h5-6,13-15,20H,4,7-12H2,1-3H3,(H,23,29)/t20-/m1/s1. The van der Waals surface area contributed by atoms with Crippen LogP contribution in [0, 0.1) is 5.92 Å². The van der Waals surface area contributed by atoms with Gasteiger partial charge in [0.2, 0.25) is 0 Å². The molecule has 1 aliphatic rings. The fraction of sp³-hybridized carbons (Fsp3) is 0.545. The lowest BCUT2D eigenvalue weighted by atomic mass is 9.95. The monoisotopic (exact) mass is 410 g/mol. The smallest absolute Gasteiger partial charge is 0.253 e. The number of ether oxygens (including phenoxy) is 1. The summed E-state index contributed by atoms with van der Waals surface area (Å²) < 4.78 is 6.99. The van der Waals surface area contributed by atoms with Crippen molar-refractivity contribution < 1.29 is 4.74 Å². The summed E-state index contributed by atoms with van der Waals surface area (Å²) in [4.78, 5) is 18.6. The number of nitrogens with one attached hydrogen (secondary N) is 1. The van der Waals surface area contributed by atoms with Crippen molar-refractivity contribution in [3.8, 4) is 0 Å². The van der Waals surface area contributed by atoms with E-state index in [1.165, 1.54) is 5.56 Å². The van der Waals surface area contributed by atoms with Gasteiger partial charge in [-0.2, -0.15) is 0 Å². The molecule has 3 heterocycles. The average Bonchev–Trinajstić information content (AvgIpc) is 3.22. The van der Waals surface area contributed by atoms with Crippen LogP contribution in [0.1, 0.15) is 49.7 Å². The number of pyridine rings is 1. The molecule has 30 heavy (non-hydrogen) atoms. The third-order valence-electron chi connectivity index (χ3n) is 6.13. The lowest BCUT2D eigenvalue weighted by Crippen LogP contribution is -2.40. The summed E-state index contributed by atoms with van der Waals surface area (Å²) in [6, 6.07) is 7.93. The van der Waals surface area contributed by atoms with Crippen LogP contribution in [-0.4, -0.2) is 56.9 Å². The lowest BCUT2D eigenvalue weighted by Gasteiger charge is -2.35. The molecule has 1 aliphatic heterocycles. The third-order valence-corrected chi connectivity index (χ3v) is 6.13. The molecule has 4 rings (SSSR count). The fourth-order valence-electron chi connectivity index (χ4n) is 4.23. The molecular formula is C22H30N6O2. The van der Waals surface area contributed by atoms with Crippen LogP contribution in [0.15, 0.2) is 29.1 Å². The number of nitrogens with zero attached hydrogens (tertiary/aromatic N) is 5. The molecule has 8 heteroatoms. The second-order valence-electron chi connectivity index (χ2n) is 8.20. The Hall–Kier alpha value is -2.58. The van der Waals surface area contributed by atoms with Gasteiger partial charge in [-0.15, -0.1) is 5.10 Å². The lowest BCUT2D eigenvalue weighted by molar-refractivity contribution is 0.144. The molecule has 0 unspecified atom stereocenters. The predicted octanol–water partition coefficient (Wildman–Crippen LogP) is 2.54. The first kappa shape index (κ1) is 20.7. The first-order chi connectivity index (χ1) is 14.6. The van der Waals surface area contributed by atoms with Crippen molar-refractivity contribution in [2.75, 3.05) is 26.8 Å². The zero-order valence-electron chi connectivity index (χ0n) is 18.0. The number of methoxy groups -OCH3 is 1. The molecule has 0 amide bonds. The van der Waals surface area contributed by atoms with Crippen molar-refractivity contribution >= 4 is 10.9 Å². The number of aryl methyl sites for hydroxylation is 1. The maximum atomic E-state index is 13.2. The fourth-order valence-corrected chi connectivity index (χ4v) is 4.23. The Morgan fingerprint density at radius 1 is 1.27 bits per heavy atom. The number of likely N-dealkylation sites (tertiary alicyclic amines) is 1. The minimum absolute atomic E-state index is 0.0864. The Labute approximate surface area is 176 Å². The van der Waals surface area contributed by atoms with Gasteiger partial charge in [0.15, 0.2) is 5.82 Å². The molecule has 160 valence electrons. The van der Waals surface area contributed by atoms with Crippen molar-refractivity contribution in [1.29, 1.82) is 0 Å². The van der Waals surface area contributed by atoms with Gasteiger partial charge in [-0.05, 0) is 77.8 Å². The number of tetrazole rings is 1. The second-order valence-corrected chi connectivity index (χ2v) is 8.20. The molecule has 8 nitrogen and oxygen atoms in total. The zero-order valence-corrected chi connectivity index (χ0v) is 18.0. The number of hydrogen-bond donors (Lipinski definition) is 1. The summed E-state index contributed by atoms with van der Waals surface area (Å²) in [5.74, 6) is 1.38. The molecule has 0 spiro atoms. The molecule has 1 saturated heterocycles. The molecule has 1 atom stereocenters. The van der Waals surface area contributed by atoms with E-state index in [4.69, 9.17) is 4.74 Å². The molecule has 3 aromatic rings. The number of aromatic amines is 1. The number of H-pyrrole nitrogens is 1. The van der Waals surface area contributed by atoms with E-state index in [0.717, 1.165) is 43.3 Å². The second kappa shape index (κ2) is 9.06. The van der Waals surface area contributed by atoms with Crippen molar-refractivity contribution in [3.63, 3.8) is 0 Å². The van der Waals surface area contributed by atoms with Crippen LogP contribution in [-0.2, 0) is 17.7 Å². The summed E-state index contributed by atoms with van der Waals surface area (Å²) in [6.45, 7) is 7.30. The number of fused-ring (bicyclic) bond motifs is 1. The summed E-state index contributed by atoms with van der Waals surface area (Å²) >= 11 is 0. The maximum Gasteiger partial charge on any atom is 0.253 e. The molecule has 1 N–H and O–H groups in total. The Morgan fingerprint density at radius 3 is 2.80 bits per heavy atom. The van der Waals surface area contributed by atoms with E-state index in [1.807, 2.05) is 12.1 Å². The van der Waals surface area contributed by atoms with Gasteiger partial charge < -0.3 is 9.72 Å². The minimum Gasteiger partial charge on any atom is -0.383 e.